The Labute approximate surface area is 196 Å². The molecule has 6 N–H and O–H groups in total. The molecule has 0 saturated carbocycles. The van der Waals surface area contributed by atoms with E-state index in [1.165, 1.54) is 4.90 Å². The summed E-state index contributed by atoms with van der Waals surface area (Å²) in [5.74, 6) is -6.36. The van der Waals surface area contributed by atoms with Gasteiger partial charge in [0.25, 0.3) is 5.91 Å². The summed E-state index contributed by atoms with van der Waals surface area (Å²) in [6.07, 6.45) is -0.603. The molecular weight excluding hydrogens is 442 g/mol. The van der Waals surface area contributed by atoms with E-state index in [0.29, 0.717) is 11.3 Å². The summed E-state index contributed by atoms with van der Waals surface area (Å²) < 4.78 is 0. The molecule has 10 heteroatoms. The number of aromatic hydroxyl groups is 1. The zero-order chi connectivity index (χ0) is 25.4. The molecule has 1 aromatic rings. The summed E-state index contributed by atoms with van der Waals surface area (Å²) in [5, 5.41) is 45.4. The fourth-order valence-corrected chi connectivity index (χ4v) is 5.85. The number of hydrogen-bond acceptors (Lipinski definition) is 9. The Kier molecular flexibility index (Phi) is 5.39. The molecule has 182 valence electrons. The number of phenolic OH excluding ortho intramolecular Hbond substituents is 1. The van der Waals surface area contributed by atoms with Gasteiger partial charge in [0.05, 0.1) is 29.0 Å². The Morgan fingerprint density at radius 2 is 1.74 bits per heavy atom. The second kappa shape index (κ2) is 7.66. The van der Waals surface area contributed by atoms with Crippen LogP contribution in [0.1, 0.15) is 28.8 Å². The summed E-state index contributed by atoms with van der Waals surface area (Å²) in [6, 6.07) is 2.16. The lowest BCUT2D eigenvalue weighted by molar-refractivity contribution is -0.142. The highest BCUT2D eigenvalue weighted by atomic mass is 16.3. The number of ketones is 2. The molecule has 3 aliphatic carbocycles. The molecule has 1 amide bonds. The summed E-state index contributed by atoms with van der Waals surface area (Å²) in [7, 11) is 6.49. The predicted molar refractivity (Wildman–Crippen MR) is 123 cm³/mol. The van der Waals surface area contributed by atoms with Crippen molar-refractivity contribution in [1.82, 2.24) is 4.90 Å². The molecule has 0 spiro atoms. The van der Waals surface area contributed by atoms with Gasteiger partial charge in [-0.15, -0.1) is 0 Å². The molecule has 10 nitrogen and oxygen atoms in total. The van der Waals surface area contributed by atoms with E-state index in [-0.39, 0.29) is 16.9 Å². The summed E-state index contributed by atoms with van der Waals surface area (Å²) in [5.41, 5.74) is 3.02. The van der Waals surface area contributed by atoms with Gasteiger partial charge in [-0.3, -0.25) is 19.3 Å². The second-order valence-corrected chi connectivity index (χ2v) is 9.73. The first-order valence-electron chi connectivity index (χ1n) is 10.9. The molecule has 0 fully saturated rings. The van der Waals surface area contributed by atoms with Crippen LogP contribution in [0.5, 0.6) is 5.75 Å². The van der Waals surface area contributed by atoms with E-state index in [2.05, 4.69) is 0 Å². The Balaban J connectivity index is 2.03. The summed E-state index contributed by atoms with van der Waals surface area (Å²) >= 11 is 0. The number of carbonyl (C=O) groups excluding carboxylic acids is 3. The molecule has 0 bridgehead atoms. The molecule has 0 aliphatic heterocycles. The van der Waals surface area contributed by atoms with Crippen LogP contribution in [-0.2, 0) is 9.59 Å². The zero-order valence-electron chi connectivity index (χ0n) is 19.6. The molecule has 0 saturated heterocycles. The first kappa shape index (κ1) is 23.9. The number of primary amides is 1. The van der Waals surface area contributed by atoms with Gasteiger partial charge in [-0.25, -0.2) is 0 Å². The van der Waals surface area contributed by atoms with Crippen molar-refractivity contribution in [3.63, 3.8) is 0 Å². The van der Waals surface area contributed by atoms with Crippen molar-refractivity contribution in [3.8, 4) is 5.75 Å². The molecule has 0 radical (unpaired) electrons. The highest BCUT2D eigenvalue weighted by molar-refractivity contribution is 6.22. The zero-order valence-corrected chi connectivity index (χ0v) is 19.6. The van der Waals surface area contributed by atoms with Crippen LogP contribution < -0.4 is 10.6 Å². The quantitative estimate of drug-likeness (QED) is 0.377. The molecule has 6 atom stereocenters. The van der Waals surface area contributed by atoms with Gasteiger partial charge in [-0.2, -0.15) is 0 Å². The number of hydrogen-bond donors (Lipinski definition) is 5. The minimum Gasteiger partial charge on any atom is -0.508 e. The van der Waals surface area contributed by atoms with Crippen molar-refractivity contribution in [2.75, 3.05) is 33.1 Å². The minimum atomic E-state index is -2.40. The number of likely N-dealkylation sites (N-methyl/N-ethyl adjacent to an activating group) is 1. The SMILES string of the molecule is C[C@H]1c2ccc(N(C)C)c(O)c2C(=O)C2=C(O)[C@]3(O)C=C(C(N)=O)C(=O)[C@@H](N(C)C)[C@@H]3[C@@H](O)[C@@H]21. The largest absolute Gasteiger partial charge is 0.508 e. The fraction of sp³-hybridized carbons (Fsp3) is 0.458. The van der Waals surface area contributed by atoms with Crippen molar-refractivity contribution in [1.29, 1.82) is 0 Å². The minimum absolute atomic E-state index is 0.0269. The number of fused-ring (bicyclic) bond motifs is 3. The monoisotopic (exact) mass is 471 g/mol. The Hall–Kier alpha value is -3.21. The predicted octanol–water partition coefficient (Wildman–Crippen LogP) is -0.167. The van der Waals surface area contributed by atoms with E-state index < -0.39 is 64.3 Å². The van der Waals surface area contributed by atoms with Crippen molar-refractivity contribution < 1.29 is 34.8 Å². The third-order valence-electron chi connectivity index (χ3n) is 7.44. The number of phenols is 1. The number of Topliss-reactive ketones (excluding diaryl/α,β-unsaturated/α-hetero) is 2. The lowest BCUT2D eigenvalue weighted by Crippen LogP contribution is -2.66. The number of nitrogens with two attached hydrogens (primary N) is 1. The van der Waals surface area contributed by atoms with Gasteiger partial charge in [-0.05, 0) is 37.7 Å². The van der Waals surface area contributed by atoms with Gasteiger partial charge in [0.15, 0.2) is 11.6 Å². The van der Waals surface area contributed by atoms with Crippen molar-refractivity contribution in [3.05, 3.63) is 46.2 Å². The third-order valence-corrected chi connectivity index (χ3v) is 7.44. The van der Waals surface area contributed by atoms with Crippen LogP contribution in [0.4, 0.5) is 5.69 Å². The smallest absolute Gasteiger partial charge is 0.252 e. The van der Waals surface area contributed by atoms with Gasteiger partial charge < -0.3 is 31.1 Å². The van der Waals surface area contributed by atoms with E-state index >= 15 is 0 Å². The van der Waals surface area contributed by atoms with E-state index in [9.17, 15) is 34.8 Å². The molecule has 1 aromatic carbocycles. The van der Waals surface area contributed by atoms with Gasteiger partial charge in [-0.1, -0.05) is 13.0 Å². The normalized spacial score (nSPS) is 32.7. The first-order valence-corrected chi connectivity index (χ1v) is 10.9. The van der Waals surface area contributed by atoms with Crippen LogP contribution in [0.3, 0.4) is 0 Å². The number of rotatable bonds is 3. The van der Waals surface area contributed by atoms with Gasteiger partial charge in [0.1, 0.15) is 17.1 Å². The average Bonchev–Trinajstić information content (AvgIpc) is 2.74. The maximum absolute atomic E-state index is 13.7. The van der Waals surface area contributed by atoms with Gasteiger partial charge in [0, 0.05) is 31.5 Å². The second-order valence-electron chi connectivity index (χ2n) is 9.73. The summed E-state index contributed by atoms with van der Waals surface area (Å²) in [6.45, 7) is 1.74. The van der Waals surface area contributed by atoms with Crippen molar-refractivity contribution in [2.45, 2.75) is 30.6 Å². The Bertz CT molecular complexity index is 1190. The Morgan fingerprint density at radius 3 is 2.26 bits per heavy atom. The van der Waals surface area contributed by atoms with Crippen LogP contribution >= 0.6 is 0 Å². The number of aliphatic hydroxyl groups excluding tert-OH is 2. The van der Waals surface area contributed by atoms with E-state index in [4.69, 9.17) is 5.73 Å². The van der Waals surface area contributed by atoms with Crippen LogP contribution in [0, 0.1) is 11.8 Å². The molecule has 34 heavy (non-hydrogen) atoms. The number of benzene rings is 1. The summed E-state index contributed by atoms with van der Waals surface area (Å²) in [4.78, 5) is 41.8. The highest BCUT2D eigenvalue weighted by Gasteiger charge is 2.63. The van der Waals surface area contributed by atoms with Crippen molar-refractivity contribution in [2.24, 2.45) is 17.6 Å². The van der Waals surface area contributed by atoms with Crippen LogP contribution in [-0.4, -0.2) is 88.7 Å². The number of amides is 1. The molecule has 0 aromatic heterocycles. The Morgan fingerprint density at radius 1 is 1.12 bits per heavy atom. The molecule has 4 rings (SSSR count). The molecule has 3 aliphatic rings. The number of anilines is 1. The van der Waals surface area contributed by atoms with Gasteiger partial charge >= 0.3 is 0 Å². The van der Waals surface area contributed by atoms with E-state index in [1.807, 2.05) is 0 Å². The maximum Gasteiger partial charge on any atom is 0.252 e. The van der Waals surface area contributed by atoms with Gasteiger partial charge in [0.2, 0.25) is 0 Å². The van der Waals surface area contributed by atoms with E-state index in [0.717, 1.165) is 6.08 Å². The van der Waals surface area contributed by atoms with Crippen LogP contribution in [0.15, 0.2) is 35.1 Å². The lowest BCUT2D eigenvalue weighted by atomic mass is 9.56. The number of aliphatic hydroxyl groups is 3. The number of carbonyl (C=O) groups is 3. The van der Waals surface area contributed by atoms with E-state index in [1.54, 1.807) is 52.1 Å². The first-order chi connectivity index (χ1) is 15.8. The average molecular weight is 472 g/mol. The van der Waals surface area contributed by atoms with Crippen LogP contribution in [0.25, 0.3) is 0 Å². The number of nitrogens with zero attached hydrogens (tertiary/aromatic N) is 2. The van der Waals surface area contributed by atoms with Crippen molar-refractivity contribution >= 4 is 23.2 Å². The van der Waals surface area contributed by atoms with Crippen LogP contribution in [0.2, 0.25) is 0 Å². The lowest BCUT2D eigenvalue weighted by Gasteiger charge is -2.53. The standard InChI is InChI=1S/C24H29N3O7/c1-9-10-6-7-12(26(2)3)19(29)14(10)20(30)15-13(9)21(31)16-17(27(4)5)18(28)11(23(25)33)8-24(16,34)22(15)32/h6-9,13,16-17,21,29,31-32,34H,1-5H3,(H2,25,33)/t9-,13+,16+,17-,21-,24-/m0/s1. The molecular formula is C24H29N3O7. The molecule has 0 heterocycles. The maximum atomic E-state index is 13.7. The highest BCUT2D eigenvalue weighted by Crippen LogP contribution is 2.55. The molecule has 0 unspecified atom stereocenters. The third kappa shape index (κ3) is 2.95. The topological polar surface area (TPSA) is 165 Å². The fourth-order valence-electron chi connectivity index (χ4n) is 5.85.